The van der Waals surface area contributed by atoms with Crippen molar-refractivity contribution in [3.8, 4) is 0 Å². The highest BCUT2D eigenvalue weighted by atomic mass is 16.2. The van der Waals surface area contributed by atoms with Gasteiger partial charge in [0.1, 0.15) is 0 Å². The van der Waals surface area contributed by atoms with Gasteiger partial charge in [0, 0.05) is 13.1 Å². The summed E-state index contributed by atoms with van der Waals surface area (Å²) in [6, 6.07) is 8.47. The molecule has 0 aliphatic heterocycles. The molecule has 1 rings (SSSR count). The molecule has 1 amide bonds. The largest absolute Gasteiger partial charge is 0.343 e. The minimum absolute atomic E-state index is 0.188. The van der Waals surface area contributed by atoms with Crippen LogP contribution in [-0.2, 0) is 11.2 Å². The van der Waals surface area contributed by atoms with E-state index in [-0.39, 0.29) is 11.9 Å². The first-order valence-electron chi connectivity index (χ1n) is 6.27. The average molecular weight is 233 g/mol. The highest BCUT2D eigenvalue weighted by Gasteiger charge is 2.15. The summed E-state index contributed by atoms with van der Waals surface area (Å²) in [5, 5.41) is 0. The van der Waals surface area contributed by atoms with Crippen LogP contribution in [0.25, 0.3) is 0 Å². The molecule has 0 radical (unpaired) electrons. The van der Waals surface area contributed by atoms with Gasteiger partial charge in [0.15, 0.2) is 0 Å². The Morgan fingerprint density at radius 1 is 1.18 bits per heavy atom. The van der Waals surface area contributed by atoms with Crippen LogP contribution in [-0.4, -0.2) is 23.9 Å². The zero-order valence-corrected chi connectivity index (χ0v) is 11.5. The molecule has 0 aliphatic carbocycles. The van der Waals surface area contributed by atoms with E-state index in [4.69, 9.17) is 0 Å². The molecule has 0 aliphatic rings. The topological polar surface area (TPSA) is 20.3 Å². The summed E-state index contributed by atoms with van der Waals surface area (Å²) < 4.78 is 0. The van der Waals surface area contributed by atoms with Crippen LogP contribution in [0.3, 0.4) is 0 Å². The second kappa shape index (κ2) is 5.85. The minimum atomic E-state index is 0.188. The fourth-order valence-corrected chi connectivity index (χ4v) is 1.83. The number of carbonyl (C=O) groups excluding carboxylic acids is 1. The molecule has 0 fully saturated rings. The van der Waals surface area contributed by atoms with Crippen LogP contribution in [0.2, 0.25) is 0 Å². The monoisotopic (exact) mass is 233 g/mol. The van der Waals surface area contributed by atoms with Crippen LogP contribution >= 0.6 is 0 Å². The van der Waals surface area contributed by atoms with Crippen LogP contribution < -0.4 is 0 Å². The van der Waals surface area contributed by atoms with E-state index in [0.717, 1.165) is 5.56 Å². The normalized spacial score (nSPS) is 11.0. The fraction of sp³-hybridized carbons (Fsp3) is 0.533. The first-order chi connectivity index (χ1) is 7.93. The third kappa shape index (κ3) is 3.58. The van der Waals surface area contributed by atoms with Crippen molar-refractivity contribution >= 4 is 5.91 Å². The minimum Gasteiger partial charge on any atom is -0.343 e. The molecule has 1 aromatic rings. The van der Waals surface area contributed by atoms with Gasteiger partial charge in [-0.2, -0.15) is 0 Å². The number of nitrogens with zero attached hydrogens (tertiary/aromatic N) is 1. The second-order valence-electron chi connectivity index (χ2n) is 5.13. The van der Waals surface area contributed by atoms with Gasteiger partial charge >= 0.3 is 0 Å². The van der Waals surface area contributed by atoms with Gasteiger partial charge in [0.2, 0.25) is 5.91 Å². The van der Waals surface area contributed by atoms with Crippen LogP contribution in [0.5, 0.6) is 0 Å². The van der Waals surface area contributed by atoms with Crippen LogP contribution in [0, 0.1) is 0 Å². The van der Waals surface area contributed by atoms with Crippen molar-refractivity contribution in [1.29, 1.82) is 0 Å². The van der Waals surface area contributed by atoms with Gasteiger partial charge in [0.05, 0.1) is 6.42 Å². The Labute approximate surface area is 105 Å². The van der Waals surface area contributed by atoms with E-state index >= 15 is 0 Å². The standard InChI is InChI=1S/C15H23NO/c1-11(2)14-9-7-6-8-13(14)10-15(17)16(5)12(3)4/h6-9,11-12H,10H2,1-5H3. The Morgan fingerprint density at radius 3 is 2.29 bits per heavy atom. The summed E-state index contributed by atoms with van der Waals surface area (Å²) in [7, 11) is 1.87. The number of carbonyl (C=O) groups is 1. The van der Waals surface area contributed by atoms with Gasteiger partial charge in [0.25, 0.3) is 0 Å². The number of benzene rings is 1. The zero-order valence-electron chi connectivity index (χ0n) is 11.5. The second-order valence-corrected chi connectivity index (χ2v) is 5.13. The summed E-state index contributed by atoms with van der Waals surface area (Å²) in [4.78, 5) is 13.9. The lowest BCUT2D eigenvalue weighted by molar-refractivity contribution is -0.130. The summed E-state index contributed by atoms with van der Waals surface area (Å²) in [6.45, 7) is 8.39. The van der Waals surface area contributed by atoms with E-state index < -0.39 is 0 Å². The third-order valence-electron chi connectivity index (χ3n) is 3.19. The summed E-state index contributed by atoms with van der Waals surface area (Å²) in [5.74, 6) is 0.649. The van der Waals surface area contributed by atoms with Gasteiger partial charge in [-0.1, -0.05) is 38.1 Å². The molecule has 0 aromatic heterocycles. The van der Waals surface area contributed by atoms with Gasteiger partial charge < -0.3 is 4.90 Å². The van der Waals surface area contributed by atoms with Crippen molar-refractivity contribution in [3.05, 3.63) is 35.4 Å². The summed E-state index contributed by atoms with van der Waals surface area (Å²) in [6.07, 6.45) is 0.503. The molecule has 0 bridgehead atoms. The Balaban J connectivity index is 2.85. The number of likely N-dealkylation sites (N-methyl/N-ethyl adjacent to an activating group) is 1. The van der Waals surface area contributed by atoms with E-state index in [1.807, 2.05) is 33.0 Å². The molecule has 94 valence electrons. The third-order valence-corrected chi connectivity index (χ3v) is 3.19. The van der Waals surface area contributed by atoms with Crippen molar-refractivity contribution in [1.82, 2.24) is 4.90 Å². The van der Waals surface area contributed by atoms with Crippen LogP contribution in [0.15, 0.2) is 24.3 Å². The first kappa shape index (κ1) is 13.8. The van der Waals surface area contributed by atoms with Crippen molar-refractivity contribution < 1.29 is 4.79 Å². The Kier molecular flexibility index (Phi) is 4.73. The van der Waals surface area contributed by atoms with Gasteiger partial charge in [-0.05, 0) is 30.9 Å². The summed E-state index contributed by atoms with van der Waals surface area (Å²) >= 11 is 0. The van der Waals surface area contributed by atoms with Crippen LogP contribution in [0.1, 0.15) is 44.7 Å². The Morgan fingerprint density at radius 2 is 1.76 bits per heavy atom. The molecule has 1 aromatic carbocycles. The predicted octanol–water partition coefficient (Wildman–Crippen LogP) is 3.22. The van der Waals surface area contributed by atoms with E-state index in [9.17, 15) is 4.79 Å². The number of rotatable bonds is 4. The van der Waals surface area contributed by atoms with Crippen molar-refractivity contribution in [2.45, 2.75) is 46.1 Å². The van der Waals surface area contributed by atoms with Crippen LogP contribution in [0.4, 0.5) is 0 Å². The molecular formula is C15H23NO. The average Bonchev–Trinajstić information content (AvgIpc) is 2.28. The maximum absolute atomic E-state index is 12.1. The smallest absolute Gasteiger partial charge is 0.226 e. The van der Waals surface area contributed by atoms with E-state index in [1.165, 1.54) is 5.56 Å². The van der Waals surface area contributed by atoms with E-state index in [0.29, 0.717) is 12.3 Å². The lowest BCUT2D eigenvalue weighted by atomic mass is 9.95. The predicted molar refractivity (Wildman–Crippen MR) is 72.1 cm³/mol. The quantitative estimate of drug-likeness (QED) is 0.782. The van der Waals surface area contributed by atoms with Gasteiger partial charge in [-0.3, -0.25) is 4.79 Å². The van der Waals surface area contributed by atoms with Crippen molar-refractivity contribution in [3.63, 3.8) is 0 Å². The Bertz CT molecular complexity index is 382. The maximum Gasteiger partial charge on any atom is 0.226 e. The lowest BCUT2D eigenvalue weighted by Gasteiger charge is -2.22. The number of hydrogen-bond acceptors (Lipinski definition) is 1. The molecule has 0 unspecified atom stereocenters. The molecule has 0 N–H and O–H groups in total. The molecule has 0 saturated carbocycles. The van der Waals surface area contributed by atoms with Gasteiger partial charge in [-0.15, -0.1) is 0 Å². The van der Waals surface area contributed by atoms with E-state index in [1.54, 1.807) is 4.90 Å². The zero-order chi connectivity index (χ0) is 13.0. The molecule has 0 atom stereocenters. The number of hydrogen-bond donors (Lipinski definition) is 0. The summed E-state index contributed by atoms with van der Waals surface area (Å²) in [5.41, 5.74) is 2.43. The molecule has 2 heteroatoms. The maximum atomic E-state index is 12.1. The molecular weight excluding hydrogens is 210 g/mol. The molecule has 17 heavy (non-hydrogen) atoms. The lowest BCUT2D eigenvalue weighted by Crippen LogP contribution is -2.34. The van der Waals surface area contributed by atoms with E-state index in [2.05, 4.69) is 26.0 Å². The molecule has 0 spiro atoms. The highest BCUT2D eigenvalue weighted by Crippen LogP contribution is 2.20. The molecule has 2 nitrogen and oxygen atoms in total. The highest BCUT2D eigenvalue weighted by molar-refractivity contribution is 5.79. The molecule has 0 heterocycles. The molecule has 0 saturated heterocycles. The van der Waals surface area contributed by atoms with Gasteiger partial charge in [-0.25, -0.2) is 0 Å². The Hall–Kier alpha value is -1.31. The SMILES string of the molecule is CC(C)c1ccccc1CC(=O)N(C)C(C)C. The van der Waals surface area contributed by atoms with Crippen molar-refractivity contribution in [2.24, 2.45) is 0 Å². The fourth-order valence-electron chi connectivity index (χ4n) is 1.83. The van der Waals surface area contributed by atoms with Crippen molar-refractivity contribution in [2.75, 3.05) is 7.05 Å². The number of amides is 1. The first-order valence-corrected chi connectivity index (χ1v) is 6.27.